The van der Waals surface area contributed by atoms with Crippen molar-refractivity contribution in [3.05, 3.63) is 141 Å². The van der Waals surface area contributed by atoms with Crippen LogP contribution >= 0.6 is 0 Å². The summed E-state index contributed by atoms with van der Waals surface area (Å²) in [6.07, 6.45) is 3.06. The molecule has 3 aromatic heterocycles. The first-order chi connectivity index (χ1) is 35.6. The number of halogens is 3. The summed E-state index contributed by atoms with van der Waals surface area (Å²) in [6, 6.07) is 21.3. The van der Waals surface area contributed by atoms with Crippen LogP contribution in [-0.2, 0) is 46.1 Å². The van der Waals surface area contributed by atoms with Crippen molar-refractivity contribution in [2.45, 2.75) is 75.4 Å². The Morgan fingerprint density at radius 2 is 1.58 bits per heavy atom. The number of ether oxygens (including phenoxy) is 1. The Kier molecular flexibility index (Phi) is 12.7. The molecule has 1 atom stereocenters. The number of nitrogens with zero attached hydrogens (tertiary/aromatic N) is 10. The molecule has 4 amide bonds. The summed E-state index contributed by atoms with van der Waals surface area (Å²) < 4.78 is 54.2. The number of nitrogens with one attached hydrogen (secondary N) is 1. The largest absolute Gasteiger partial charge is 0.418 e. The lowest BCUT2D eigenvalue weighted by Gasteiger charge is -2.46. The Balaban J connectivity index is 0.686. The molecule has 6 aromatic rings. The monoisotopic (exact) mass is 1010 g/mol. The van der Waals surface area contributed by atoms with Crippen molar-refractivity contribution in [2.24, 2.45) is 13.0 Å². The van der Waals surface area contributed by atoms with Crippen molar-refractivity contribution in [3.8, 4) is 5.69 Å². The molecule has 7 heterocycles. The smallest absolute Gasteiger partial charge is 0.381 e. The van der Waals surface area contributed by atoms with Crippen LogP contribution in [0, 0.1) is 5.92 Å². The first-order valence-corrected chi connectivity index (χ1v) is 25.2. The molecular weight excluding hydrogens is 956 g/mol. The van der Waals surface area contributed by atoms with Gasteiger partial charge in [0.05, 0.1) is 28.3 Å². The fourth-order valence-corrected chi connectivity index (χ4v) is 11.9. The second-order valence-electron chi connectivity index (χ2n) is 20.6. The molecule has 3 aromatic carbocycles. The maximum atomic E-state index is 14.8. The molecule has 386 valence electrons. The molecule has 0 spiro atoms. The first kappa shape index (κ1) is 48.9. The highest BCUT2D eigenvalue weighted by atomic mass is 19.4. The highest BCUT2D eigenvalue weighted by Gasteiger charge is 2.50. The van der Waals surface area contributed by atoms with E-state index in [9.17, 15) is 37.1 Å². The van der Waals surface area contributed by atoms with E-state index in [1.807, 2.05) is 66.2 Å². The molecule has 74 heavy (non-hydrogen) atoms. The summed E-state index contributed by atoms with van der Waals surface area (Å²) >= 11 is 0. The number of methoxy groups -OCH3 is 1. The lowest BCUT2D eigenvalue weighted by molar-refractivity contribution is -0.137. The van der Waals surface area contributed by atoms with Gasteiger partial charge in [0, 0.05) is 108 Å². The van der Waals surface area contributed by atoms with Gasteiger partial charge in [0.25, 0.3) is 11.8 Å². The number of anilines is 2. The van der Waals surface area contributed by atoms with Crippen molar-refractivity contribution in [3.63, 3.8) is 0 Å². The molecule has 4 fully saturated rings. The zero-order valence-electron chi connectivity index (χ0n) is 41.6. The summed E-state index contributed by atoms with van der Waals surface area (Å²) in [4.78, 5) is 75.1. The number of piperidine rings is 2. The van der Waals surface area contributed by atoms with E-state index in [-0.39, 0.29) is 48.2 Å². The van der Waals surface area contributed by atoms with Crippen LogP contribution in [-0.4, -0.2) is 134 Å². The number of alkyl halides is 3. The van der Waals surface area contributed by atoms with Crippen molar-refractivity contribution in [2.75, 3.05) is 69.8 Å². The van der Waals surface area contributed by atoms with Gasteiger partial charge in [0.15, 0.2) is 0 Å². The quantitative estimate of drug-likeness (QED) is 0.156. The van der Waals surface area contributed by atoms with Gasteiger partial charge in [-0.15, -0.1) is 10.2 Å². The topological polar surface area (TPSA) is 163 Å². The van der Waals surface area contributed by atoms with Crippen molar-refractivity contribution in [1.29, 1.82) is 0 Å². The molecule has 4 aliphatic heterocycles. The number of amides is 4. The van der Waals surface area contributed by atoms with Gasteiger partial charge in [-0.25, -0.2) is 4.79 Å². The van der Waals surface area contributed by atoms with Gasteiger partial charge < -0.3 is 28.9 Å². The predicted octanol–water partition coefficient (Wildman–Crippen LogP) is 5.40. The van der Waals surface area contributed by atoms with Gasteiger partial charge >= 0.3 is 11.9 Å². The molecule has 1 saturated carbocycles. The second kappa shape index (κ2) is 19.2. The van der Waals surface area contributed by atoms with Gasteiger partial charge in [0.1, 0.15) is 18.2 Å². The Morgan fingerprint density at radius 3 is 2.26 bits per heavy atom. The third kappa shape index (κ3) is 9.00. The number of rotatable bonds is 12. The van der Waals surface area contributed by atoms with Crippen LogP contribution in [0.2, 0.25) is 0 Å². The molecule has 1 aliphatic carbocycles. The summed E-state index contributed by atoms with van der Waals surface area (Å²) in [5.74, 6) is -0.0563. The van der Waals surface area contributed by atoms with Crippen molar-refractivity contribution < 1.29 is 37.1 Å². The zero-order chi connectivity index (χ0) is 51.6. The SMILES string of the molecule is COC1CC(c2cccc(-n3cc4c(C(F)(F)F)cc(CN5CCC(CN(C)C(=O)c6ccc(N7CCN(c8ccc9c(c8)CN(C8CCC(=O)NC8=O)C9=O)CC7)cc6)CC5)cn4c3=O)c2)(c2nncn2C)C1. The Labute approximate surface area is 425 Å². The van der Waals surface area contributed by atoms with E-state index in [0.717, 1.165) is 77.8 Å². The van der Waals surface area contributed by atoms with Crippen molar-refractivity contribution in [1.82, 2.24) is 43.7 Å². The fourth-order valence-electron chi connectivity index (χ4n) is 11.9. The first-order valence-electron chi connectivity index (χ1n) is 25.2. The number of carbonyl (C=O) groups excluding carboxylic acids is 4. The molecule has 20 heteroatoms. The summed E-state index contributed by atoms with van der Waals surface area (Å²) in [6.45, 7) is 5.39. The lowest BCUT2D eigenvalue weighted by Crippen LogP contribution is -2.52. The highest BCUT2D eigenvalue weighted by molar-refractivity contribution is 6.05. The van der Waals surface area contributed by atoms with E-state index in [1.54, 1.807) is 42.4 Å². The Morgan fingerprint density at radius 1 is 0.865 bits per heavy atom. The number of likely N-dealkylation sites (tertiary alicyclic amines) is 1. The zero-order valence-corrected chi connectivity index (χ0v) is 41.6. The van der Waals surface area contributed by atoms with Crippen LogP contribution in [0.15, 0.2) is 96.3 Å². The second-order valence-corrected chi connectivity index (χ2v) is 20.6. The number of aryl methyl sites for hydroxylation is 1. The number of carbonyl (C=O) groups is 4. The molecule has 17 nitrogen and oxygen atoms in total. The Bertz CT molecular complexity index is 3220. The lowest BCUT2D eigenvalue weighted by atomic mass is 9.62. The highest BCUT2D eigenvalue weighted by Crippen LogP contribution is 2.49. The van der Waals surface area contributed by atoms with E-state index in [1.165, 1.54) is 17.0 Å². The van der Waals surface area contributed by atoms with Crippen LogP contribution < -0.4 is 20.8 Å². The van der Waals surface area contributed by atoms with Gasteiger partial charge in [-0.05, 0) is 128 Å². The minimum atomic E-state index is -4.71. The Hall–Kier alpha value is -7.32. The molecule has 0 bridgehead atoms. The van der Waals surface area contributed by atoms with E-state index >= 15 is 0 Å². The molecule has 0 radical (unpaired) electrons. The van der Waals surface area contributed by atoms with Gasteiger partial charge in [-0.1, -0.05) is 12.1 Å². The van der Waals surface area contributed by atoms with E-state index < -0.39 is 34.8 Å². The number of hydrogen-bond acceptors (Lipinski definition) is 11. The number of benzene rings is 3. The third-order valence-corrected chi connectivity index (χ3v) is 16.1. The molecular formula is C54H58F3N11O6. The number of imidazole rings is 1. The molecule has 1 unspecified atom stereocenters. The molecule has 5 aliphatic rings. The maximum absolute atomic E-state index is 14.8. The number of piperazine rings is 1. The average molecular weight is 1010 g/mol. The standard InChI is InChI=1S/C54H58F3N11O6/c1-61(49(71)36-7-9-39(10-8-36)64-19-21-65(22-20-64)40-11-12-43-37(24-40)31-67(50(43)72)45-13-14-47(69)59-48(45)70)28-34-15-17-63(18-16-34)29-35-23-44(54(55,56)57)46-32-66(52(73)68(46)30-35)41-6-4-5-38(25-41)53(26-42(27-53)74-3)51-60-58-33-62(51)2/h4-12,23-25,30,32-34,42,45H,13-22,26-29,31H2,1-3H3,(H,59,69,70). The van der Waals surface area contributed by atoms with Crippen LogP contribution in [0.3, 0.4) is 0 Å². The number of hydrogen-bond donors (Lipinski definition) is 1. The summed E-state index contributed by atoms with van der Waals surface area (Å²) in [5.41, 5.74) is 3.54. The van der Waals surface area contributed by atoms with Gasteiger partial charge in [0.2, 0.25) is 11.8 Å². The molecule has 3 saturated heterocycles. The van der Waals surface area contributed by atoms with Crippen LogP contribution in [0.5, 0.6) is 0 Å². The third-order valence-electron chi connectivity index (χ3n) is 16.1. The van der Waals surface area contributed by atoms with Gasteiger partial charge in [-0.2, -0.15) is 13.2 Å². The number of pyridine rings is 1. The molecule has 1 N–H and O–H groups in total. The molecule has 11 rings (SSSR count). The van der Waals surface area contributed by atoms with E-state index in [2.05, 4.69) is 30.2 Å². The van der Waals surface area contributed by atoms with Crippen LogP contribution in [0.1, 0.15) is 87.3 Å². The van der Waals surface area contributed by atoms with Crippen LogP contribution in [0.25, 0.3) is 11.2 Å². The van der Waals surface area contributed by atoms with Gasteiger partial charge in [-0.3, -0.25) is 38.4 Å². The van der Waals surface area contributed by atoms with E-state index in [4.69, 9.17) is 4.74 Å². The number of fused-ring (bicyclic) bond motifs is 2. The maximum Gasteiger partial charge on any atom is 0.418 e. The number of imide groups is 1. The summed E-state index contributed by atoms with van der Waals surface area (Å²) in [7, 11) is 5.33. The predicted molar refractivity (Wildman–Crippen MR) is 268 cm³/mol. The average Bonchev–Trinajstić information content (AvgIpc) is 4.07. The minimum Gasteiger partial charge on any atom is -0.381 e. The van der Waals surface area contributed by atoms with Crippen LogP contribution in [0.4, 0.5) is 24.5 Å². The van der Waals surface area contributed by atoms with Crippen molar-refractivity contribution >= 4 is 40.5 Å². The van der Waals surface area contributed by atoms with E-state index in [0.29, 0.717) is 67.8 Å². The summed E-state index contributed by atoms with van der Waals surface area (Å²) in [5, 5.41) is 10.8. The fraction of sp³-hybridized carbons (Fsp3) is 0.426. The normalized spacial score (nSPS) is 21.8. The minimum absolute atomic E-state index is 0.00391. The number of aromatic nitrogens is 5.